The molecule has 1 amide bonds. The maximum atomic E-state index is 12.4. The Morgan fingerprint density at radius 3 is 3.08 bits per heavy atom. The van der Waals surface area contributed by atoms with E-state index < -0.39 is 0 Å². The zero-order valence-corrected chi connectivity index (χ0v) is 14.1. The van der Waals surface area contributed by atoms with E-state index >= 15 is 0 Å². The fourth-order valence-corrected chi connectivity index (χ4v) is 2.97. The van der Waals surface area contributed by atoms with Gasteiger partial charge in [-0.15, -0.1) is 5.10 Å². The van der Waals surface area contributed by atoms with Gasteiger partial charge in [-0.3, -0.25) is 9.48 Å². The topological polar surface area (TPSA) is 99.2 Å². The molecule has 0 saturated carbocycles. The van der Waals surface area contributed by atoms with Crippen LogP contribution in [0.5, 0.6) is 0 Å². The van der Waals surface area contributed by atoms with Crippen molar-refractivity contribution in [3.05, 3.63) is 35.7 Å². The van der Waals surface area contributed by atoms with Crippen LogP contribution in [0.3, 0.4) is 0 Å². The van der Waals surface area contributed by atoms with Crippen molar-refractivity contribution < 1.29 is 9.53 Å². The van der Waals surface area contributed by atoms with E-state index in [1.165, 1.54) is 0 Å². The fourth-order valence-electron chi connectivity index (χ4n) is 2.97. The number of ether oxygens (including phenoxy) is 1. The molecule has 3 aromatic heterocycles. The van der Waals surface area contributed by atoms with Gasteiger partial charge in [0.1, 0.15) is 0 Å². The molecule has 0 bridgehead atoms. The van der Waals surface area contributed by atoms with Crippen LogP contribution in [0.4, 0.5) is 5.69 Å². The Morgan fingerprint density at radius 2 is 2.28 bits per heavy atom. The zero-order valence-electron chi connectivity index (χ0n) is 14.1. The van der Waals surface area contributed by atoms with E-state index in [4.69, 9.17) is 4.74 Å². The molecule has 1 aliphatic heterocycles. The molecular formula is C16H19N7O2. The zero-order chi connectivity index (χ0) is 17.4. The number of nitrogens with one attached hydrogen (secondary N) is 1. The van der Waals surface area contributed by atoms with Gasteiger partial charge in [0.25, 0.3) is 11.7 Å². The lowest BCUT2D eigenvalue weighted by Crippen LogP contribution is -2.15. The summed E-state index contributed by atoms with van der Waals surface area (Å²) in [6, 6.07) is 1.89. The van der Waals surface area contributed by atoms with Crippen LogP contribution in [0.2, 0.25) is 0 Å². The van der Waals surface area contributed by atoms with Gasteiger partial charge in [0, 0.05) is 24.2 Å². The highest BCUT2D eigenvalue weighted by molar-refractivity contribution is 6.01. The molecule has 1 atom stereocenters. The number of amides is 1. The molecule has 1 aliphatic rings. The van der Waals surface area contributed by atoms with E-state index in [1.807, 2.05) is 19.9 Å². The lowest BCUT2D eigenvalue weighted by Gasteiger charge is -2.08. The first-order valence-electron chi connectivity index (χ1n) is 8.25. The molecule has 9 nitrogen and oxygen atoms in total. The summed E-state index contributed by atoms with van der Waals surface area (Å²) in [5, 5.41) is 11.3. The first-order valence-corrected chi connectivity index (χ1v) is 8.25. The molecule has 3 aromatic rings. The summed E-state index contributed by atoms with van der Waals surface area (Å²) >= 11 is 0. The Bertz CT molecular complexity index is 924. The Balaban J connectivity index is 1.48. The number of aryl methyl sites for hydroxylation is 2. The van der Waals surface area contributed by atoms with Crippen molar-refractivity contribution in [3.63, 3.8) is 0 Å². The van der Waals surface area contributed by atoms with Crippen LogP contribution in [0.1, 0.15) is 34.8 Å². The number of anilines is 1. The largest absolute Gasteiger partial charge is 0.376 e. The normalized spacial score (nSPS) is 17.3. The summed E-state index contributed by atoms with van der Waals surface area (Å²) in [6.07, 6.45) is 5.71. The lowest BCUT2D eigenvalue weighted by atomic mass is 10.2. The Kier molecular flexibility index (Phi) is 3.92. The Hall–Kier alpha value is -2.81. The minimum Gasteiger partial charge on any atom is -0.376 e. The van der Waals surface area contributed by atoms with Gasteiger partial charge in [-0.05, 0) is 32.8 Å². The molecule has 0 radical (unpaired) electrons. The molecule has 25 heavy (non-hydrogen) atoms. The molecule has 4 rings (SSSR count). The number of hydrogen-bond acceptors (Lipinski definition) is 6. The first kappa shape index (κ1) is 15.7. The Morgan fingerprint density at radius 1 is 1.40 bits per heavy atom. The smallest absolute Gasteiger partial charge is 0.295 e. The van der Waals surface area contributed by atoms with E-state index in [9.17, 15) is 4.79 Å². The first-order chi connectivity index (χ1) is 12.1. The van der Waals surface area contributed by atoms with Crippen molar-refractivity contribution in [3.8, 4) is 0 Å². The standard InChI is InChI=1S/C16H19N7O2/c1-10-6-11(2)23-16(18-10)20-14(21-23)15(24)19-12-7-17-22(8-12)9-13-4-3-5-25-13/h6-8,13H,3-5,9H2,1-2H3,(H,19,24). The monoisotopic (exact) mass is 341 g/mol. The van der Waals surface area contributed by atoms with E-state index in [-0.39, 0.29) is 17.8 Å². The summed E-state index contributed by atoms with van der Waals surface area (Å²) < 4.78 is 8.93. The highest BCUT2D eigenvalue weighted by atomic mass is 16.5. The molecule has 130 valence electrons. The number of nitrogens with zero attached hydrogens (tertiary/aromatic N) is 6. The van der Waals surface area contributed by atoms with E-state index in [0.717, 1.165) is 30.8 Å². The second kappa shape index (κ2) is 6.25. The van der Waals surface area contributed by atoms with Crippen molar-refractivity contribution in [2.75, 3.05) is 11.9 Å². The second-order valence-corrected chi connectivity index (χ2v) is 6.23. The van der Waals surface area contributed by atoms with Crippen molar-refractivity contribution in [2.45, 2.75) is 39.3 Å². The molecule has 1 fully saturated rings. The van der Waals surface area contributed by atoms with Crippen LogP contribution < -0.4 is 5.32 Å². The molecule has 1 unspecified atom stereocenters. The number of carbonyl (C=O) groups is 1. The van der Waals surface area contributed by atoms with Crippen molar-refractivity contribution in [1.29, 1.82) is 0 Å². The number of fused-ring (bicyclic) bond motifs is 1. The van der Waals surface area contributed by atoms with Crippen LogP contribution in [-0.2, 0) is 11.3 Å². The van der Waals surface area contributed by atoms with Crippen LogP contribution in [0, 0.1) is 13.8 Å². The number of aromatic nitrogens is 6. The minimum atomic E-state index is -0.390. The van der Waals surface area contributed by atoms with Gasteiger partial charge in [-0.2, -0.15) is 10.1 Å². The van der Waals surface area contributed by atoms with Gasteiger partial charge in [0.15, 0.2) is 0 Å². The fraction of sp³-hybridized carbons (Fsp3) is 0.438. The Labute approximate surface area is 144 Å². The SMILES string of the molecule is Cc1cc(C)n2nc(C(=O)Nc3cnn(CC4CCCO4)c3)nc2n1. The maximum absolute atomic E-state index is 12.4. The number of carbonyl (C=O) groups excluding carboxylic acids is 1. The highest BCUT2D eigenvalue weighted by Gasteiger charge is 2.18. The number of rotatable bonds is 4. The second-order valence-electron chi connectivity index (χ2n) is 6.23. The molecule has 1 saturated heterocycles. The lowest BCUT2D eigenvalue weighted by molar-refractivity contribution is 0.0940. The van der Waals surface area contributed by atoms with Gasteiger partial charge < -0.3 is 10.1 Å². The predicted octanol–water partition coefficient (Wildman–Crippen LogP) is 1.37. The quantitative estimate of drug-likeness (QED) is 0.769. The highest BCUT2D eigenvalue weighted by Crippen LogP contribution is 2.15. The minimum absolute atomic E-state index is 0.0769. The summed E-state index contributed by atoms with van der Waals surface area (Å²) in [5.74, 6) is 0.101. The van der Waals surface area contributed by atoms with Crippen molar-refractivity contribution >= 4 is 17.4 Å². The average molecular weight is 341 g/mol. The summed E-state index contributed by atoms with van der Waals surface area (Å²) in [6.45, 7) is 5.27. The number of hydrogen-bond donors (Lipinski definition) is 1. The molecule has 4 heterocycles. The summed E-state index contributed by atoms with van der Waals surface area (Å²) in [4.78, 5) is 20.9. The van der Waals surface area contributed by atoms with Gasteiger partial charge in [0.05, 0.1) is 24.5 Å². The van der Waals surface area contributed by atoms with E-state index in [0.29, 0.717) is 18.0 Å². The van der Waals surface area contributed by atoms with E-state index in [2.05, 4.69) is 25.5 Å². The third kappa shape index (κ3) is 3.22. The summed E-state index contributed by atoms with van der Waals surface area (Å²) in [5.41, 5.74) is 2.31. The van der Waals surface area contributed by atoms with Crippen LogP contribution in [-0.4, -0.2) is 48.0 Å². The molecule has 0 aromatic carbocycles. The molecule has 0 spiro atoms. The van der Waals surface area contributed by atoms with Crippen molar-refractivity contribution in [2.24, 2.45) is 0 Å². The van der Waals surface area contributed by atoms with Gasteiger partial charge in [0.2, 0.25) is 5.82 Å². The van der Waals surface area contributed by atoms with Crippen LogP contribution >= 0.6 is 0 Å². The summed E-state index contributed by atoms with van der Waals surface area (Å²) in [7, 11) is 0. The van der Waals surface area contributed by atoms with Crippen LogP contribution in [0.15, 0.2) is 18.5 Å². The predicted molar refractivity (Wildman–Crippen MR) is 89.4 cm³/mol. The van der Waals surface area contributed by atoms with Gasteiger partial charge in [-0.1, -0.05) is 0 Å². The molecule has 1 N–H and O–H groups in total. The third-order valence-electron chi connectivity index (χ3n) is 4.13. The van der Waals surface area contributed by atoms with Crippen molar-refractivity contribution in [1.82, 2.24) is 29.4 Å². The maximum Gasteiger partial charge on any atom is 0.295 e. The van der Waals surface area contributed by atoms with E-state index in [1.54, 1.807) is 21.6 Å². The third-order valence-corrected chi connectivity index (χ3v) is 4.13. The molecule has 0 aliphatic carbocycles. The molecular weight excluding hydrogens is 322 g/mol. The van der Waals surface area contributed by atoms with Crippen LogP contribution in [0.25, 0.3) is 5.78 Å². The van der Waals surface area contributed by atoms with Gasteiger partial charge in [-0.25, -0.2) is 9.50 Å². The molecule has 9 heteroatoms. The van der Waals surface area contributed by atoms with Gasteiger partial charge >= 0.3 is 0 Å². The average Bonchev–Trinajstić information content (AvgIpc) is 3.28.